The molecule has 0 saturated carbocycles. The van der Waals surface area contributed by atoms with Gasteiger partial charge in [-0.25, -0.2) is 13.1 Å². The number of anilines is 1. The third-order valence-electron chi connectivity index (χ3n) is 3.43. The second-order valence-electron chi connectivity index (χ2n) is 7.54. The van der Waals surface area contributed by atoms with Crippen LogP contribution < -0.4 is 14.8 Å². The highest BCUT2D eigenvalue weighted by atomic mass is 32.2. The van der Waals surface area contributed by atoms with Crippen LogP contribution in [0.25, 0.3) is 0 Å². The van der Waals surface area contributed by atoms with Crippen LogP contribution in [0.3, 0.4) is 0 Å². The van der Waals surface area contributed by atoms with E-state index in [1.807, 2.05) is 32.0 Å². The Kier molecular flexibility index (Phi) is 6.28. The zero-order chi connectivity index (χ0) is 20.2. The highest BCUT2D eigenvalue weighted by Gasteiger charge is 2.22. The highest BCUT2D eigenvalue weighted by molar-refractivity contribution is 7.89. The molecule has 27 heavy (non-hydrogen) atoms. The van der Waals surface area contributed by atoms with Crippen LogP contribution in [0, 0.1) is 13.8 Å². The van der Waals surface area contributed by atoms with E-state index in [1.165, 1.54) is 12.1 Å². The van der Waals surface area contributed by atoms with Crippen molar-refractivity contribution in [3.05, 3.63) is 53.6 Å². The molecule has 0 saturated heterocycles. The normalized spacial score (nSPS) is 11.9. The minimum absolute atomic E-state index is 0.0884. The Balaban J connectivity index is 2.04. The first-order chi connectivity index (χ1) is 12.4. The van der Waals surface area contributed by atoms with Crippen molar-refractivity contribution in [2.45, 2.75) is 45.1 Å². The summed E-state index contributed by atoms with van der Waals surface area (Å²) >= 11 is 0. The molecule has 1 amide bonds. The first-order valence-corrected chi connectivity index (χ1v) is 10.1. The Hall–Kier alpha value is -2.38. The third-order valence-corrected chi connectivity index (χ3v) is 5.19. The van der Waals surface area contributed by atoms with Gasteiger partial charge in [0.15, 0.2) is 6.61 Å². The van der Waals surface area contributed by atoms with Gasteiger partial charge >= 0.3 is 0 Å². The molecule has 146 valence electrons. The summed E-state index contributed by atoms with van der Waals surface area (Å²) < 4.78 is 32.9. The first kappa shape index (κ1) is 20.9. The van der Waals surface area contributed by atoms with Crippen molar-refractivity contribution < 1.29 is 17.9 Å². The SMILES string of the molecule is Cc1cc(C)cc(OCC(=O)Nc2cccc(S(=O)(=O)NC(C)(C)C)c2)c1. The van der Waals surface area contributed by atoms with Crippen LogP contribution in [0.5, 0.6) is 5.75 Å². The van der Waals surface area contributed by atoms with E-state index in [0.29, 0.717) is 11.4 Å². The minimum Gasteiger partial charge on any atom is -0.484 e. The second-order valence-corrected chi connectivity index (χ2v) is 9.23. The number of carbonyl (C=O) groups excluding carboxylic acids is 1. The van der Waals surface area contributed by atoms with Gasteiger partial charge in [0.2, 0.25) is 10.0 Å². The smallest absolute Gasteiger partial charge is 0.262 e. The molecule has 0 aliphatic rings. The molecule has 0 unspecified atom stereocenters. The van der Waals surface area contributed by atoms with E-state index in [0.717, 1.165) is 11.1 Å². The van der Waals surface area contributed by atoms with E-state index in [1.54, 1.807) is 32.9 Å². The fraction of sp³-hybridized carbons (Fsp3) is 0.350. The summed E-state index contributed by atoms with van der Waals surface area (Å²) in [4.78, 5) is 12.2. The van der Waals surface area contributed by atoms with E-state index in [9.17, 15) is 13.2 Å². The molecular weight excluding hydrogens is 364 g/mol. The Morgan fingerprint density at radius 3 is 2.26 bits per heavy atom. The molecule has 7 heteroatoms. The van der Waals surface area contributed by atoms with E-state index in [-0.39, 0.29) is 17.4 Å². The number of carbonyl (C=O) groups is 1. The van der Waals surface area contributed by atoms with Crippen molar-refractivity contribution in [1.82, 2.24) is 4.72 Å². The number of hydrogen-bond acceptors (Lipinski definition) is 4. The van der Waals surface area contributed by atoms with Gasteiger partial charge in [-0.05, 0) is 76.1 Å². The summed E-state index contributed by atoms with van der Waals surface area (Å²) in [5, 5.41) is 2.66. The average Bonchev–Trinajstić information content (AvgIpc) is 2.50. The Bertz CT molecular complexity index is 911. The molecule has 2 aromatic carbocycles. The molecule has 0 aromatic heterocycles. The largest absolute Gasteiger partial charge is 0.484 e. The molecule has 0 spiro atoms. The highest BCUT2D eigenvalue weighted by Crippen LogP contribution is 2.18. The molecule has 2 rings (SSSR count). The van der Waals surface area contributed by atoms with Crippen LogP contribution >= 0.6 is 0 Å². The third kappa shape index (κ3) is 6.69. The number of nitrogens with one attached hydrogen (secondary N) is 2. The summed E-state index contributed by atoms with van der Waals surface area (Å²) in [5.41, 5.74) is 1.89. The minimum atomic E-state index is -3.67. The second kappa shape index (κ2) is 8.10. The summed E-state index contributed by atoms with van der Waals surface area (Å²) in [6.07, 6.45) is 0. The molecule has 0 aliphatic heterocycles. The van der Waals surface area contributed by atoms with Crippen molar-refractivity contribution in [3.8, 4) is 5.75 Å². The molecule has 0 aliphatic carbocycles. The number of aryl methyl sites for hydroxylation is 2. The number of rotatable bonds is 6. The van der Waals surface area contributed by atoms with Gasteiger partial charge in [0.1, 0.15) is 5.75 Å². The number of benzene rings is 2. The van der Waals surface area contributed by atoms with Crippen molar-refractivity contribution in [3.63, 3.8) is 0 Å². The van der Waals surface area contributed by atoms with Crippen LogP contribution in [0.1, 0.15) is 31.9 Å². The molecular formula is C20H26N2O4S. The van der Waals surface area contributed by atoms with E-state index < -0.39 is 15.6 Å². The fourth-order valence-electron chi connectivity index (χ4n) is 2.57. The zero-order valence-corrected chi connectivity index (χ0v) is 17.1. The van der Waals surface area contributed by atoms with Gasteiger partial charge in [0.25, 0.3) is 5.91 Å². The average molecular weight is 391 g/mol. The van der Waals surface area contributed by atoms with Crippen LogP contribution in [0.4, 0.5) is 5.69 Å². The number of amides is 1. The van der Waals surface area contributed by atoms with Gasteiger partial charge in [-0.3, -0.25) is 4.79 Å². The summed E-state index contributed by atoms with van der Waals surface area (Å²) in [6.45, 7) is 9.04. The summed E-state index contributed by atoms with van der Waals surface area (Å²) in [6, 6.07) is 11.8. The van der Waals surface area contributed by atoms with E-state index >= 15 is 0 Å². The predicted octanol–water partition coefficient (Wildman–Crippen LogP) is 3.40. The monoisotopic (exact) mass is 390 g/mol. The van der Waals surface area contributed by atoms with Crippen LogP contribution in [0.2, 0.25) is 0 Å². The Morgan fingerprint density at radius 2 is 1.67 bits per heavy atom. The summed E-state index contributed by atoms with van der Waals surface area (Å²) in [5.74, 6) is 0.251. The van der Waals surface area contributed by atoms with Crippen LogP contribution in [-0.2, 0) is 14.8 Å². The molecule has 0 fully saturated rings. The number of ether oxygens (including phenoxy) is 1. The lowest BCUT2D eigenvalue weighted by Gasteiger charge is -2.20. The predicted molar refractivity (Wildman–Crippen MR) is 107 cm³/mol. The van der Waals surface area contributed by atoms with Crippen molar-refractivity contribution in [2.24, 2.45) is 0 Å². The van der Waals surface area contributed by atoms with Crippen LogP contribution in [0.15, 0.2) is 47.4 Å². The number of hydrogen-bond donors (Lipinski definition) is 2. The molecule has 0 bridgehead atoms. The molecule has 0 atom stereocenters. The van der Waals surface area contributed by atoms with Gasteiger partial charge in [0.05, 0.1) is 4.90 Å². The van der Waals surface area contributed by atoms with E-state index in [4.69, 9.17) is 4.74 Å². The fourth-order valence-corrected chi connectivity index (χ4v) is 4.03. The summed E-state index contributed by atoms with van der Waals surface area (Å²) in [7, 11) is -3.67. The zero-order valence-electron chi connectivity index (χ0n) is 16.3. The first-order valence-electron chi connectivity index (χ1n) is 8.60. The van der Waals surface area contributed by atoms with Gasteiger partial charge < -0.3 is 10.1 Å². The maximum absolute atomic E-state index is 12.4. The molecule has 0 radical (unpaired) electrons. The molecule has 2 N–H and O–H groups in total. The van der Waals surface area contributed by atoms with Crippen LogP contribution in [-0.4, -0.2) is 26.5 Å². The quantitative estimate of drug-likeness (QED) is 0.792. The van der Waals surface area contributed by atoms with Crippen molar-refractivity contribution in [1.29, 1.82) is 0 Å². The number of sulfonamides is 1. The Morgan fingerprint density at radius 1 is 1.04 bits per heavy atom. The maximum Gasteiger partial charge on any atom is 0.262 e. The van der Waals surface area contributed by atoms with Crippen molar-refractivity contribution in [2.75, 3.05) is 11.9 Å². The van der Waals surface area contributed by atoms with Gasteiger partial charge in [-0.2, -0.15) is 0 Å². The van der Waals surface area contributed by atoms with Crippen molar-refractivity contribution >= 4 is 21.6 Å². The lowest BCUT2D eigenvalue weighted by atomic mass is 10.1. The van der Waals surface area contributed by atoms with Gasteiger partial charge in [-0.1, -0.05) is 12.1 Å². The van der Waals surface area contributed by atoms with Gasteiger partial charge in [-0.15, -0.1) is 0 Å². The van der Waals surface area contributed by atoms with E-state index in [2.05, 4.69) is 10.0 Å². The maximum atomic E-state index is 12.4. The van der Waals surface area contributed by atoms with Gasteiger partial charge in [0, 0.05) is 11.2 Å². The standard InChI is InChI=1S/C20H26N2O4S/c1-14-9-15(2)11-17(10-14)26-13-19(23)21-16-7-6-8-18(12-16)27(24,25)22-20(3,4)5/h6-12,22H,13H2,1-5H3,(H,21,23). The molecule has 2 aromatic rings. The Labute approximate surface area is 161 Å². The lowest BCUT2D eigenvalue weighted by molar-refractivity contribution is -0.118. The topological polar surface area (TPSA) is 84.5 Å². The molecule has 0 heterocycles. The lowest BCUT2D eigenvalue weighted by Crippen LogP contribution is -2.40. The molecule has 6 nitrogen and oxygen atoms in total.